The van der Waals surface area contributed by atoms with E-state index < -0.39 is 0 Å². The second kappa shape index (κ2) is 6.72. The summed E-state index contributed by atoms with van der Waals surface area (Å²) in [4.78, 5) is 5.25. The highest BCUT2D eigenvalue weighted by atomic mass is 16.3. The average molecular weight is 460 g/mol. The van der Waals surface area contributed by atoms with Gasteiger partial charge in [0.1, 0.15) is 16.7 Å². The topological polar surface area (TPSA) is 39.3 Å². The van der Waals surface area contributed by atoms with Gasteiger partial charge in [-0.3, -0.25) is 4.40 Å². The van der Waals surface area contributed by atoms with Gasteiger partial charge in [0.15, 0.2) is 5.52 Å². The maximum Gasteiger partial charge on any atom is 0.312 e. The molecule has 0 atom stereocenters. The van der Waals surface area contributed by atoms with Crippen molar-refractivity contribution in [2.45, 2.75) is 34.6 Å². The summed E-state index contributed by atoms with van der Waals surface area (Å²) in [5.41, 5.74) is 12.4. The van der Waals surface area contributed by atoms with Crippen LogP contribution in [0.25, 0.3) is 55.6 Å². The molecule has 4 aromatic heterocycles. The molecule has 0 amide bonds. The lowest BCUT2D eigenvalue weighted by Gasteiger charge is -2.08. The molecule has 0 aliphatic carbocycles. The van der Waals surface area contributed by atoms with Gasteiger partial charge in [0.25, 0.3) is 5.82 Å². The summed E-state index contributed by atoms with van der Waals surface area (Å²) >= 11 is 0. The molecular weight excluding hydrogens is 432 g/mol. The number of fused-ring (bicyclic) bond motifs is 9. The molecule has 0 fully saturated rings. The van der Waals surface area contributed by atoms with Crippen LogP contribution in [0.5, 0.6) is 0 Å². The van der Waals surface area contributed by atoms with Crippen molar-refractivity contribution in [3.8, 4) is 5.82 Å². The molecule has 5 nitrogen and oxygen atoms in total. The maximum atomic E-state index is 6.46. The Bertz CT molecular complexity index is 2020. The van der Waals surface area contributed by atoms with Crippen LogP contribution in [0.1, 0.15) is 27.8 Å². The Hall–Kier alpha value is -4.12. The highest BCUT2D eigenvalue weighted by molar-refractivity contribution is 6.20. The summed E-state index contributed by atoms with van der Waals surface area (Å²) in [6.45, 7) is 10.8. The van der Waals surface area contributed by atoms with E-state index in [-0.39, 0.29) is 0 Å². The van der Waals surface area contributed by atoms with E-state index in [1.165, 1.54) is 27.8 Å². The SMILES string of the molecule is Cc1cc(-n2c3c(C)c(C)c4oc5ccccc5c4c3n3c4cccc(C)c4nc23)[n+](C)cc1C. The second-order valence-corrected chi connectivity index (χ2v) is 9.88. The third-order valence-electron chi connectivity index (χ3n) is 7.78. The zero-order valence-corrected chi connectivity index (χ0v) is 20.9. The number of hydrogen-bond acceptors (Lipinski definition) is 2. The first-order valence-corrected chi connectivity index (χ1v) is 12.1. The van der Waals surface area contributed by atoms with Crippen LogP contribution >= 0.6 is 0 Å². The number of para-hydroxylation sites is 2. The first kappa shape index (κ1) is 20.3. The van der Waals surface area contributed by atoms with E-state index in [2.05, 4.69) is 104 Å². The number of imidazole rings is 2. The molecule has 0 unspecified atom stereocenters. The summed E-state index contributed by atoms with van der Waals surface area (Å²) in [5.74, 6) is 2.01. The Labute approximate surface area is 202 Å². The van der Waals surface area contributed by atoms with E-state index in [1.807, 2.05) is 6.07 Å². The largest absolute Gasteiger partial charge is 0.456 e. The second-order valence-electron chi connectivity index (χ2n) is 9.88. The molecule has 0 bridgehead atoms. The highest BCUT2D eigenvalue weighted by Crippen LogP contribution is 2.42. The summed E-state index contributed by atoms with van der Waals surface area (Å²) in [5, 5.41) is 2.28. The fraction of sp³-hybridized carbons (Fsp3) is 0.200. The third kappa shape index (κ3) is 2.47. The Balaban J connectivity index is 1.86. The number of furan rings is 1. The first-order valence-electron chi connectivity index (χ1n) is 12.1. The Morgan fingerprint density at radius 1 is 0.829 bits per heavy atom. The average Bonchev–Trinajstić information content (AvgIpc) is 3.50. The number of pyridine rings is 1. The highest BCUT2D eigenvalue weighted by Gasteiger charge is 2.31. The van der Waals surface area contributed by atoms with Gasteiger partial charge in [-0.15, -0.1) is 0 Å². The maximum absolute atomic E-state index is 6.46. The molecule has 0 N–H and O–H groups in total. The number of aromatic nitrogens is 4. The van der Waals surface area contributed by atoms with Crippen molar-refractivity contribution in [1.29, 1.82) is 0 Å². The van der Waals surface area contributed by atoms with Gasteiger partial charge in [-0.05, 0) is 69.0 Å². The molecule has 35 heavy (non-hydrogen) atoms. The van der Waals surface area contributed by atoms with Gasteiger partial charge < -0.3 is 4.42 Å². The van der Waals surface area contributed by atoms with Gasteiger partial charge in [-0.25, -0.2) is 4.57 Å². The van der Waals surface area contributed by atoms with Crippen LogP contribution < -0.4 is 4.57 Å². The van der Waals surface area contributed by atoms with Gasteiger partial charge in [0.2, 0.25) is 0 Å². The van der Waals surface area contributed by atoms with E-state index in [4.69, 9.17) is 9.40 Å². The van der Waals surface area contributed by atoms with Crippen molar-refractivity contribution in [3.05, 3.63) is 82.5 Å². The summed E-state index contributed by atoms with van der Waals surface area (Å²) in [6.07, 6.45) is 2.20. The fourth-order valence-electron chi connectivity index (χ4n) is 5.68. The lowest BCUT2D eigenvalue weighted by molar-refractivity contribution is -0.665. The van der Waals surface area contributed by atoms with Gasteiger partial charge in [0.05, 0.1) is 29.7 Å². The van der Waals surface area contributed by atoms with Gasteiger partial charge in [-0.2, -0.15) is 9.55 Å². The first-order chi connectivity index (χ1) is 16.9. The van der Waals surface area contributed by atoms with Gasteiger partial charge >= 0.3 is 5.78 Å². The molecule has 0 saturated heterocycles. The molecule has 0 aliphatic heterocycles. The van der Waals surface area contributed by atoms with Crippen molar-refractivity contribution in [2.24, 2.45) is 7.05 Å². The predicted octanol–water partition coefficient (Wildman–Crippen LogP) is 6.70. The molecule has 7 aromatic rings. The number of hydrogen-bond donors (Lipinski definition) is 0. The molecule has 0 saturated carbocycles. The van der Waals surface area contributed by atoms with Crippen LogP contribution in [0.2, 0.25) is 0 Å². The van der Waals surface area contributed by atoms with Crippen molar-refractivity contribution in [3.63, 3.8) is 0 Å². The zero-order chi connectivity index (χ0) is 24.2. The van der Waals surface area contributed by atoms with Crippen LogP contribution in [-0.4, -0.2) is 14.0 Å². The van der Waals surface area contributed by atoms with Crippen molar-refractivity contribution in [1.82, 2.24) is 14.0 Å². The smallest absolute Gasteiger partial charge is 0.312 e. The minimum Gasteiger partial charge on any atom is -0.456 e. The molecule has 3 aromatic carbocycles. The van der Waals surface area contributed by atoms with Crippen LogP contribution in [0.4, 0.5) is 0 Å². The van der Waals surface area contributed by atoms with E-state index >= 15 is 0 Å². The van der Waals surface area contributed by atoms with Crippen LogP contribution in [0.15, 0.2) is 59.1 Å². The standard InChI is InChI=1S/C30H27N4O/c1-16-10-9-12-22-26(16)31-30-33(22)28-25-21-11-7-8-13-23(21)35-29(25)20(5)19(4)27(28)34(30)24-14-17(2)18(3)15-32(24)6/h7-15H,1-6H3/q+1. The Morgan fingerprint density at radius 3 is 2.46 bits per heavy atom. The number of nitrogens with zero attached hydrogens (tertiary/aromatic N) is 4. The molecule has 7 rings (SSSR count). The molecule has 172 valence electrons. The van der Waals surface area contributed by atoms with Gasteiger partial charge in [0, 0.05) is 17.0 Å². The molecular formula is C30H27N4O+. The minimum absolute atomic E-state index is 0.913. The molecule has 0 spiro atoms. The van der Waals surface area contributed by atoms with Crippen LogP contribution in [0, 0.1) is 34.6 Å². The summed E-state index contributed by atoms with van der Waals surface area (Å²) in [6, 6.07) is 17.1. The summed E-state index contributed by atoms with van der Waals surface area (Å²) < 4.78 is 13.3. The monoisotopic (exact) mass is 459 g/mol. The third-order valence-corrected chi connectivity index (χ3v) is 7.78. The van der Waals surface area contributed by atoms with E-state index in [1.54, 1.807) is 0 Å². The van der Waals surface area contributed by atoms with Gasteiger partial charge in [-0.1, -0.05) is 30.3 Å². The van der Waals surface area contributed by atoms with Crippen molar-refractivity contribution < 1.29 is 8.98 Å². The lowest BCUT2D eigenvalue weighted by atomic mass is 10.0. The van der Waals surface area contributed by atoms with Crippen molar-refractivity contribution >= 4 is 49.8 Å². The Morgan fingerprint density at radius 2 is 1.63 bits per heavy atom. The predicted molar refractivity (Wildman–Crippen MR) is 142 cm³/mol. The fourth-order valence-corrected chi connectivity index (χ4v) is 5.68. The number of rotatable bonds is 1. The lowest BCUT2D eigenvalue weighted by Crippen LogP contribution is -2.34. The zero-order valence-electron chi connectivity index (χ0n) is 20.9. The van der Waals surface area contributed by atoms with E-state index in [0.29, 0.717) is 0 Å². The number of aryl methyl sites for hydroxylation is 6. The van der Waals surface area contributed by atoms with E-state index in [9.17, 15) is 0 Å². The minimum atomic E-state index is 0.913. The van der Waals surface area contributed by atoms with Crippen LogP contribution in [0.3, 0.4) is 0 Å². The Kier molecular flexibility index (Phi) is 3.89. The number of benzene rings is 3. The molecule has 0 radical (unpaired) electrons. The quantitative estimate of drug-likeness (QED) is 0.256. The van der Waals surface area contributed by atoms with Crippen molar-refractivity contribution in [2.75, 3.05) is 0 Å². The van der Waals surface area contributed by atoms with Crippen LogP contribution in [-0.2, 0) is 7.05 Å². The molecule has 0 aliphatic rings. The van der Waals surface area contributed by atoms with E-state index in [0.717, 1.165) is 55.6 Å². The normalized spacial score (nSPS) is 12.3. The molecule has 5 heteroatoms. The summed E-state index contributed by atoms with van der Waals surface area (Å²) in [7, 11) is 2.12. The molecule has 4 heterocycles.